The smallest absolute Gasteiger partial charge is 0.109 e. The Hall–Kier alpha value is -0.610. The fraction of sp³-hybridized carbons (Fsp3) is 0.250. The Bertz CT molecular complexity index is 430. The summed E-state index contributed by atoms with van der Waals surface area (Å²) in [6, 6.07) is 10.4. The second kappa shape index (κ2) is 5.64. The number of rotatable bonds is 1. The number of benzene rings is 1. The van der Waals surface area contributed by atoms with Gasteiger partial charge < -0.3 is 4.57 Å². The summed E-state index contributed by atoms with van der Waals surface area (Å²) in [7, 11) is 0. The lowest BCUT2D eigenvalue weighted by Crippen LogP contribution is -1.87. The second-order valence-corrected chi connectivity index (χ2v) is 3.71. The van der Waals surface area contributed by atoms with Gasteiger partial charge in [0, 0.05) is 53.0 Å². The average molecular weight is 344 g/mol. The molecule has 0 bridgehead atoms. The van der Waals surface area contributed by atoms with Crippen LogP contribution in [0.15, 0.2) is 36.5 Å². The van der Waals surface area contributed by atoms with Gasteiger partial charge in [0.25, 0.3) is 0 Å². The molecule has 0 fully saturated rings. The molecule has 2 aromatic rings. The number of fused-ring (bicyclic) bond motifs is 1. The van der Waals surface area contributed by atoms with Crippen molar-refractivity contribution in [1.82, 2.24) is 9.55 Å². The third-order valence-electron chi connectivity index (χ3n) is 2.73. The van der Waals surface area contributed by atoms with Crippen molar-refractivity contribution >= 4 is 28.3 Å². The quantitative estimate of drug-likeness (QED) is 0.759. The topological polar surface area (TPSA) is 17.8 Å². The van der Waals surface area contributed by atoms with E-state index in [4.69, 9.17) is 0 Å². The summed E-state index contributed by atoms with van der Waals surface area (Å²) in [6.45, 7) is 1.13. The predicted octanol–water partition coefficient (Wildman–Crippen LogP) is 4.19. The summed E-state index contributed by atoms with van der Waals surface area (Å²) < 4.78 is 2.27. The van der Waals surface area contributed by atoms with Crippen LogP contribution in [0, 0.1) is 0 Å². The molecule has 0 saturated carbocycles. The van der Waals surface area contributed by atoms with Crippen LogP contribution < -0.4 is 0 Å². The molecule has 84 valence electrons. The maximum atomic E-state index is 4.62. The monoisotopic (exact) mass is 342 g/mol. The molecule has 0 spiro atoms. The van der Waals surface area contributed by atoms with Crippen molar-refractivity contribution in [3.8, 4) is 11.3 Å². The zero-order valence-electron chi connectivity index (χ0n) is 8.74. The molecule has 0 N–H and O–H groups in total. The molecule has 1 aliphatic rings. The summed E-state index contributed by atoms with van der Waals surface area (Å²) in [5, 5.41) is 0. The fourth-order valence-electron chi connectivity index (χ4n) is 2.00. The minimum absolute atomic E-state index is 1.11. The molecule has 1 aromatic carbocycles. The summed E-state index contributed by atoms with van der Waals surface area (Å²) in [5.74, 6) is 1.24. The molecule has 0 unspecified atom stereocenters. The van der Waals surface area contributed by atoms with E-state index in [0.29, 0.717) is 0 Å². The van der Waals surface area contributed by atoms with Crippen LogP contribution in [0.1, 0.15) is 12.2 Å². The van der Waals surface area contributed by atoms with E-state index in [9.17, 15) is 0 Å². The zero-order valence-corrected chi connectivity index (χ0v) is 11.9. The van der Waals surface area contributed by atoms with Crippen molar-refractivity contribution in [2.45, 2.75) is 19.4 Å². The Kier molecular flexibility index (Phi) is 4.18. The first-order chi connectivity index (χ1) is 7.93. The Balaban J connectivity index is 0.000000457. The standard InChI is InChI=1S/C12H12N2.Br2/c1-2-5-10(6-3-1)11-9-14-8-4-7-12(14)13-11;1-2/h1-3,5-6,9H,4,7-8H2;. The minimum atomic E-state index is 1.11. The largest absolute Gasteiger partial charge is 0.334 e. The van der Waals surface area contributed by atoms with Crippen molar-refractivity contribution in [2.24, 2.45) is 0 Å². The van der Waals surface area contributed by atoms with Crippen molar-refractivity contribution in [3.63, 3.8) is 0 Å². The van der Waals surface area contributed by atoms with Gasteiger partial charge in [-0.05, 0) is 6.42 Å². The number of imidazole rings is 1. The molecule has 3 rings (SSSR count). The second-order valence-electron chi connectivity index (χ2n) is 3.71. The molecule has 2 nitrogen and oxygen atoms in total. The third kappa shape index (κ3) is 2.38. The van der Waals surface area contributed by atoms with Gasteiger partial charge in [-0.1, -0.05) is 30.3 Å². The number of hydrogen-bond acceptors (Lipinski definition) is 1. The van der Waals surface area contributed by atoms with Crippen molar-refractivity contribution in [1.29, 1.82) is 0 Å². The Morgan fingerprint density at radius 1 is 1.12 bits per heavy atom. The summed E-state index contributed by atoms with van der Waals surface area (Å²) in [5.41, 5.74) is 2.33. The minimum Gasteiger partial charge on any atom is -0.334 e. The van der Waals surface area contributed by atoms with Crippen LogP contribution in [-0.2, 0) is 13.0 Å². The highest BCUT2D eigenvalue weighted by Crippen LogP contribution is 2.22. The maximum Gasteiger partial charge on any atom is 0.109 e. The normalized spacial score (nSPS) is 12.9. The molecule has 16 heavy (non-hydrogen) atoms. The third-order valence-corrected chi connectivity index (χ3v) is 2.73. The molecule has 1 aliphatic heterocycles. The highest BCUT2D eigenvalue weighted by atomic mass is 80.9. The van der Waals surface area contributed by atoms with Crippen LogP contribution in [-0.4, -0.2) is 9.55 Å². The van der Waals surface area contributed by atoms with Crippen LogP contribution in [0.5, 0.6) is 0 Å². The Morgan fingerprint density at radius 2 is 1.88 bits per heavy atom. The van der Waals surface area contributed by atoms with Crippen LogP contribution in [0.4, 0.5) is 0 Å². The Morgan fingerprint density at radius 3 is 2.56 bits per heavy atom. The molecular weight excluding hydrogens is 332 g/mol. The molecule has 0 saturated heterocycles. The zero-order chi connectivity index (χ0) is 11.4. The first-order valence-corrected chi connectivity index (χ1v) is 8.91. The van der Waals surface area contributed by atoms with Crippen molar-refractivity contribution in [3.05, 3.63) is 42.4 Å². The number of nitrogens with zero attached hydrogens (tertiary/aromatic N) is 2. The SMILES string of the molecule is BrBr.c1ccc(-c2cn3c(n2)CCC3)cc1. The average Bonchev–Trinajstić information content (AvgIpc) is 2.93. The van der Waals surface area contributed by atoms with Gasteiger partial charge in [0.05, 0.1) is 5.69 Å². The predicted molar refractivity (Wildman–Crippen MR) is 73.8 cm³/mol. The number of aromatic nitrogens is 2. The highest BCUT2D eigenvalue weighted by Gasteiger charge is 2.13. The molecule has 2 heterocycles. The van der Waals surface area contributed by atoms with Gasteiger partial charge in [0.2, 0.25) is 0 Å². The van der Waals surface area contributed by atoms with Crippen molar-refractivity contribution < 1.29 is 0 Å². The van der Waals surface area contributed by atoms with Gasteiger partial charge in [0.1, 0.15) is 5.82 Å². The summed E-state index contributed by atoms with van der Waals surface area (Å²) >= 11 is 5.50. The molecule has 4 heteroatoms. The van der Waals surface area contributed by atoms with Crippen LogP contribution >= 0.6 is 28.3 Å². The van der Waals surface area contributed by atoms with Gasteiger partial charge in [-0.2, -0.15) is 0 Å². The van der Waals surface area contributed by atoms with E-state index in [-0.39, 0.29) is 0 Å². The van der Waals surface area contributed by atoms with Crippen LogP contribution in [0.25, 0.3) is 11.3 Å². The van der Waals surface area contributed by atoms with Crippen LogP contribution in [0.2, 0.25) is 0 Å². The molecule has 0 amide bonds. The van der Waals surface area contributed by atoms with E-state index < -0.39 is 0 Å². The fourth-order valence-corrected chi connectivity index (χ4v) is 2.00. The molecule has 0 aliphatic carbocycles. The first kappa shape index (κ1) is 11.9. The van der Waals surface area contributed by atoms with Gasteiger partial charge in [-0.25, -0.2) is 4.98 Å². The van der Waals surface area contributed by atoms with E-state index in [1.807, 2.05) is 6.07 Å². The maximum absolute atomic E-state index is 4.62. The van der Waals surface area contributed by atoms with Gasteiger partial charge in [0.15, 0.2) is 0 Å². The van der Waals surface area contributed by atoms with E-state index in [2.05, 4.69) is 68.3 Å². The lowest BCUT2D eigenvalue weighted by molar-refractivity contribution is 0.750. The highest BCUT2D eigenvalue weighted by molar-refractivity contribution is 9.93. The summed E-state index contributed by atoms with van der Waals surface area (Å²) in [4.78, 5) is 4.62. The first-order valence-electron chi connectivity index (χ1n) is 5.19. The van der Waals surface area contributed by atoms with Gasteiger partial charge in [-0.15, -0.1) is 0 Å². The van der Waals surface area contributed by atoms with Gasteiger partial charge >= 0.3 is 0 Å². The van der Waals surface area contributed by atoms with E-state index in [1.165, 1.54) is 17.8 Å². The molecule has 0 radical (unpaired) electrons. The number of halogens is 2. The van der Waals surface area contributed by atoms with E-state index in [1.54, 1.807) is 0 Å². The molecule has 0 atom stereocenters. The molecule has 1 aromatic heterocycles. The van der Waals surface area contributed by atoms with E-state index in [0.717, 1.165) is 18.7 Å². The van der Waals surface area contributed by atoms with Gasteiger partial charge in [-0.3, -0.25) is 0 Å². The lowest BCUT2D eigenvalue weighted by Gasteiger charge is -1.94. The number of aryl methyl sites for hydroxylation is 2. The van der Waals surface area contributed by atoms with E-state index >= 15 is 0 Å². The lowest BCUT2D eigenvalue weighted by atomic mass is 10.2. The molecular formula is C12H12Br2N2. The number of hydrogen-bond donors (Lipinski definition) is 0. The van der Waals surface area contributed by atoms with Crippen LogP contribution in [0.3, 0.4) is 0 Å². The summed E-state index contributed by atoms with van der Waals surface area (Å²) in [6.07, 6.45) is 4.54. The Labute approximate surface area is 111 Å². The van der Waals surface area contributed by atoms with Crippen molar-refractivity contribution in [2.75, 3.05) is 0 Å².